The van der Waals surface area contributed by atoms with E-state index in [1.807, 2.05) is 0 Å². The first kappa shape index (κ1) is 62.4. The summed E-state index contributed by atoms with van der Waals surface area (Å²) in [5, 5.41) is 0. The maximum Gasteiger partial charge on any atom is 0.0633 e. The summed E-state index contributed by atoms with van der Waals surface area (Å²) in [6.07, 6.45) is 26.7. The van der Waals surface area contributed by atoms with Gasteiger partial charge in [-0.3, -0.25) is 0 Å². The van der Waals surface area contributed by atoms with E-state index >= 15 is 0 Å². The van der Waals surface area contributed by atoms with Crippen LogP contribution in [0.4, 0.5) is 0 Å². The molecule has 0 fully saturated rings. The van der Waals surface area contributed by atoms with Crippen molar-refractivity contribution in [2.75, 3.05) is 0 Å². The Morgan fingerprint density at radius 3 is 1.02 bits per heavy atom. The van der Waals surface area contributed by atoms with E-state index in [-0.39, 0.29) is 0 Å². The third kappa shape index (κ3) is 11.9. The Hall–Kier alpha value is -8.36. The lowest BCUT2D eigenvalue weighted by Crippen LogP contribution is -2.40. The Bertz CT molecular complexity index is 4110. The molecule has 0 saturated carbocycles. The highest BCUT2D eigenvalue weighted by Crippen LogP contribution is 2.55. The van der Waals surface area contributed by atoms with Crippen molar-refractivity contribution in [3.8, 4) is 33.4 Å². The molecule has 92 heavy (non-hydrogen) atoms. The molecular formula is C91H94Si. The molecule has 0 nitrogen and oxygen atoms in total. The van der Waals surface area contributed by atoms with E-state index in [2.05, 4.69) is 308 Å². The minimum absolute atomic E-state index is 0.487. The molecule has 0 saturated heterocycles. The summed E-state index contributed by atoms with van der Waals surface area (Å²) in [5.41, 5.74) is 32.7. The summed E-state index contributed by atoms with van der Waals surface area (Å²) in [5.74, 6) is 3.67. The Balaban J connectivity index is 0.000000126. The Morgan fingerprint density at radius 1 is 0.348 bits per heavy atom. The van der Waals surface area contributed by atoms with Crippen LogP contribution in [0, 0.1) is 11.8 Å². The predicted molar refractivity (Wildman–Crippen MR) is 399 cm³/mol. The van der Waals surface area contributed by atoms with Gasteiger partial charge in [-0.1, -0.05) is 318 Å². The van der Waals surface area contributed by atoms with Crippen LogP contribution < -0.4 is 0 Å². The summed E-state index contributed by atoms with van der Waals surface area (Å²) in [6.45, 7) is 24.5. The lowest BCUT2D eigenvalue weighted by Gasteiger charge is -2.39. The SMILES string of the molecule is C=CC(CC)C1C(CCC2c3ccccc3-c3ccccc32)=Cc2ccccc21.C=CCC(CC)C1C(CCC2c3ccccc3-c3ccccc32)=Cc2ccccc21.C=CCC(CC)[Si](C)(C)C1C(CCC2c3ccccc3-c3ccccc32)=Cc2ccccc21. The number of hydrogen-bond acceptors (Lipinski definition) is 0. The number of fused-ring (bicyclic) bond motifs is 12. The fraction of sp³-hybridized carbons (Fsp3) is 0.275. The molecule has 0 aromatic heterocycles. The van der Waals surface area contributed by atoms with Gasteiger partial charge in [-0.25, -0.2) is 0 Å². The third-order valence-corrected chi connectivity index (χ3v) is 27.5. The van der Waals surface area contributed by atoms with Crippen molar-refractivity contribution in [2.45, 2.75) is 145 Å². The molecule has 6 aliphatic carbocycles. The van der Waals surface area contributed by atoms with Crippen molar-refractivity contribution in [2.24, 2.45) is 11.8 Å². The lowest BCUT2D eigenvalue weighted by atomic mass is 9.77. The minimum atomic E-state index is -1.59. The third-order valence-electron chi connectivity index (χ3n) is 22.6. The fourth-order valence-corrected chi connectivity index (χ4v) is 22.7. The maximum atomic E-state index is 4.15. The van der Waals surface area contributed by atoms with Gasteiger partial charge in [0.2, 0.25) is 0 Å². The van der Waals surface area contributed by atoms with Gasteiger partial charge in [-0.15, -0.1) is 19.7 Å². The zero-order valence-electron chi connectivity index (χ0n) is 55.3. The van der Waals surface area contributed by atoms with Crippen molar-refractivity contribution in [1.29, 1.82) is 0 Å². The highest BCUT2D eigenvalue weighted by molar-refractivity contribution is 6.81. The minimum Gasteiger partial charge on any atom is -0.103 e. The Labute approximate surface area is 553 Å². The van der Waals surface area contributed by atoms with E-state index in [0.717, 1.165) is 44.1 Å². The quantitative estimate of drug-likeness (QED) is 0.0497. The van der Waals surface area contributed by atoms with E-state index < -0.39 is 8.07 Å². The molecule has 462 valence electrons. The van der Waals surface area contributed by atoms with E-state index in [0.29, 0.717) is 47.0 Å². The molecule has 0 amide bonds. The van der Waals surface area contributed by atoms with Crippen LogP contribution in [-0.2, 0) is 0 Å². The van der Waals surface area contributed by atoms with Crippen LogP contribution in [0.2, 0.25) is 18.6 Å². The second-order valence-corrected chi connectivity index (χ2v) is 32.7. The van der Waals surface area contributed by atoms with Gasteiger partial charge in [0.15, 0.2) is 0 Å². The second kappa shape index (κ2) is 27.8. The predicted octanol–water partition coefficient (Wildman–Crippen LogP) is 25.7. The highest BCUT2D eigenvalue weighted by Gasteiger charge is 2.44. The van der Waals surface area contributed by atoms with Crippen LogP contribution in [0.5, 0.6) is 0 Å². The van der Waals surface area contributed by atoms with E-state index in [4.69, 9.17) is 0 Å². The van der Waals surface area contributed by atoms with Gasteiger partial charge in [-0.2, -0.15) is 0 Å². The van der Waals surface area contributed by atoms with Gasteiger partial charge < -0.3 is 0 Å². The van der Waals surface area contributed by atoms with Crippen LogP contribution >= 0.6 is 0 Å². The largest absolute Gasteiger partial charge is 0.103 e. The van der Waals surface area contributed by atoms with Crippen molar-refractivity contribution in [1.82, 2.24) is 0 Å². The molecule has 0 heterocycles. The molecule has 0 bridgehead atoms. The standard InChI is InChI=1S/C32H36Si.C30H30.C29H28/c1-5-13-25(6-2)33(3,4)32-24(22-23-14-7-8-15-26(23)32)20-21-31-29-18-11-9-16-27(29)28-17-10-12-19-30(28)31;1-3-11-21(4-2)30-23(20-22-12-5-6-13-24(22)30)18-19-29-27-16-9-7-14-25(27)26-15-8-10-17-28(26)29;1-3-20(4-2)29-22(19-21-11-5-6-12-23(21)29)17-18-28-26-15-9-7-13-24(26)25-14-8-10-16-27(25)28/h5,7-12,14-19,22,25,31-32H,1,6,13,20-21H2,2-4H3;3,5-10,12-17,20-21,29-30H,1,4,11,18-19H2,2H3;3,5-16,19-20,28-29H,1,4,17-18H2,2H3. The van der Waals surface area contributed by atoms with Gasteiger partial charge in [0, 0.05) is 35.1 Å². The number of benzene rings is 9. The molecule has 9 aromatic carbocycles. The van der Waals surface area contributed by atoms with E-state index in [1.165, 1.54) is 127 Å². The van der Waals surface area contributed by atoms with E-state index in [9.17, 15) is 0 Å². The molecule has 0 radical (unpaired) electrons. The summed E-state index contributed by atoms with van der Waals surface area (Å²) in [4.78, 5) is 0. The lowest BCUT2D eigenvalue weighted by molar-refractivity contribution is 0.446. The van der Waals surface area contributed by atoms with Crippen molar-refractivity contribution < 1.29 is 0 Å². The summed E-state index contributed by atoms with van der Waals surface area (Å²) < 4.78 is 0. The van der Waals surface area contributed by atoms with Crippen LogP contribution in [0.25, 0.3) is 51.6 Å². The van der Waals surface area contributed by atoms with Gasteiger partial charge in [0.1, 0.15) is 0 Å². The van der Waals surface area contributed by atoms with E-state index in [1.54, 1.807) is 22.3 Å². The summed E-state index contributed by atoms with van der Waals surface area (Å²) >= 11 is 0. The Morgan fingerprint density at radius 2 is 0.663 bits per heavy atom. The molecule has 9 aromatic rings. The average molecular weight is 1220 g/mol. The molecule has 6 unspecified atom stereocenters. The molecule has 0 N–H and O–H groups in total. The van der Waals surface area contributed by atoms with Crippen LogP contribution in [0.1, 0.15) is 193 Å². The summed E-state index contributed by atoms with van der Waals surface area (Å²) in [6, 6.07) is 81.1. The molecular weight excluding hydrogens is 1120 g/mol. The smallest absolute Gasteiger partial charge is 0.0633 e. The molecule has 6 aliphatic rings. The molecule has 1 heteroatoms. The van der Waals surface area contributed by atoms with Crippen molar-refractivity contribution in [3.05, 3.63) is 340 Å². The first-order chi connectivity index (χ1) is 45.2. The average Bonchev–Trinajstić information content (AvgIpc) is 1.72. The molecule has 15 rings (SSSR count). The number of allylic oxidation sites excluding steroid dienone is 6. The van der Waals surface area contributed by atoms with Crippen molar-refractivity contribution >= 4 is 26.3 Å². The second-order valence-electron chi connectivity index (χ2n) is 27.7. The van der Waals surface area contributed by atoms with Crippen LogP contribution in [0.3, 0.4) is 0 Å². The Kier molecular flexibility index (Phi) is 18.9. The van der Waals surface area contributed by atoms with Crippen LogP contribution in [-0.4, -0.2) is 8.07 Å². The molecule has 0 spiro atoms. The molecule has 0 aliphatic heterocycles. The van der Waals surface area contributed by atoms with Gasteiger partial charge in [0.05, 0.1) is 8.07 Å². The first-order valence-electron chi connectivity index (χ1n) is 35.0. The number of rotatable bonds is 21. The summed E-state index contributed by atoms with van der Waals surface area (Å²) in [7, 11) is -1.59. The zero-order chi connectivity index (χ0) is 63.3. The maximum absolute atomic E-state index is 4.15. The highest BCUT2D eigenvalue weighted by atomic mass is 28.3. The van der Waals surface area contributed by atoms with Gasteiger partial charge in [0.25, 0.3) is 0 Å². The first-order valence-corrected chi connectivity index (χ1v) is 38.1. The van der Waals surface area contributed by atoms with Gasteiger partial charge in [-0.05, 0) is 175 Å². The van der Waals surface area contributed by atoms with Crippen molar-refractivity contribution in [3.63, 3.8) is 0 Å². The van der Waals surface area contributed by atoms with Gasteiger partial charge >= 0.3 is 0 Å². The fourth-order valence-electron chi connectivity index (χ4n) is 18.2. The monoisotopic (exact) mass is 1210 g/mol. The zero-order valence-corrected chi connectivity index (χ0v) is 56.3. The topological polar surface area (TPSA) is 0 Å². The van der Waals surface area contributed by atoms with Crippen LogP contribution in [0.15, 0.2) is 273 Å². The number of hydrogen-bond donors (Lipinski definition) is 0. The molecule has 6 atom stereocenters. The normalized spacial score (nSPS) is 17.8.